The molecule has 0 saturated heterocycles. The van der Waals surface area contributed by atoms with Gasteiger partial charge < -0.3 is 0 Å². The van der Waals surface area contributed by atoms with Crippen molar-refractivity contribution in [2.75, 3.05) is 0 Å². The van der Waals surface area contributed by atoms with Gasteiger partial charge in [-0.05, 0) is 12.0 Å². The molecule has 1 aromatic heterocycles. The van der Waals surface area contributed by atoms with E-state index >= 15 is 0 Å². The molecule has 64 valence electrons. The summed E-state index contributed by atoms with van der Waals surface area (Å²) < 4.78 is 0. The summed E-state index contributed by atoms with van der Waals surface area (Å²) in [4.78, 5) is 0. The van der Waals surface area contributed by atoms with Gasteiger partial charge in [0, 0.05) is 0 Å². The molecule has 1 aromatic rings. The van der Waals surface area contributed by atoms with Crippen molar-refractivity contribution in [2.24, 2.45) is 0 Å². The summed E-state index contributed by atoms with van der Waals surface area (Å²) >= 11 is 5.57. The van der Waals surface area contributed by atoms with Gasteiger partial charge in [0.1, 0.15) is 0 Å². The molecule has 0 saturated carbocycles. The van der Waals surface area contributed by atoms with Gasteiger partial charge in [0.25, 0.3) is 0 Å². The fraction of sp³-hybridized carbons (Fsp3) is 0.571. The van der Waals surface area contributed by atoms with Crippen LogP contribution in [0.25, 0.3) is 0 Å². The van der Waals surface area contributed by atoms with Crippen molar-refractivity contribution in [3.63, 3.8) is 0 Å². The molecule has 0 spiro atoms. The molecule has 0 amide bonds. The van der Waals surface area contributed by atoms with Crippen LogP contribution in [0.5, 0.6) is 0 Å². The van der Waals surface area contributed by atoms with Crippen molar-refractivity contribution in [2.45, 2.75) is 25.6 Å². The lowest BCUT2D eigenvalue weighted by atomic mass is 10.1. The first-order chi connectivity index (χ1) is 4.74. The maximum absolute atomic E-state index is 5.57. The Morgan fingerprint density at radius 1 is 1.64 bits per heavy atom. The summed E-state index contributed by atoms with van der Waals surface area (Å²) in [6.07, 6.45) is 0. The van der Waals surface area contributed by atoms with Crippen LogP contribution >= 0.6 is 24.0 Å². The molecular formula is C7H12Cl2N2. The van der Waals surface area contributed by atoms with E-state index in [-0.39, 0.29) is 12.4 Å². The Labute approximate surface area is 77.7 Å². The molecule has 0 aliphatic heterocycles. The third kappa shape index (κ3) is 2.72. The third-order valence-corrected chi connectivity index (χ3v) is 1.67. The van der Waals surface area contributed by atoms with E-state index in [2.05, 4.69) is 24.0 Å². The van der Waals surface area contributed by atoms with Gasteiger partial charge in [-0.1, -0.05) is 13.8 Å². The van der Waals surface area contributed by atoms with E-state index in [1.54, 1.807) is 0 Å². The quantitative estimate of drug-likeness (QED) is 0.722. The summed E-state index contributed by atoms with van der Waals surface area (Å²) in [6, 6.07) is 2.00. The van der Waals surface area contributed by atoms with E-state index in [1.165, 1.54) is 0 Å². The number of hydrogen-bond donors (Lipinski definition) is 1. The maximum Gasteiger partial charge on any atom is 0.0650 e. The molecule has 0 bridgehead atoms. The van der Waals surface area contributed by atoms with Crippen LogP contribution < -0.4 is 0 Å². The molecule has 0 atom stereocenters. The van der Waals surface area contributed by atoms with Gasteiger partial charge in [-0.15, -0.1) is 24.0 Å². The number of rotatable bonds is 2. The number of alkyl halides is 1. The second-order valence-electron chi connectivity index (χ2n) is 2.61. The van der Waals surface area contributed by atoms with Crippen molar-refractivity contribution >= 4 is 24.0 Å². The number of nitrogens with zero attached hydrogens (tertiary/aromatic N) is 1. The van der Waals surface area contributed by atoms with E-state index in [0.29, 0.717) is 11.8 Å². The van der Waals surface area contributed by atoms with Crippen molar-refractivity contribution in [1.29, 1.82) is 0 Å². The number of hydrogen-bond acceptors (Lipinski definition) is 1. The zero-order chi connectivity index (χ0) is 7.56. The molecular weight excluding hydrogens is 183 g/mol. The van der Waals surface area contributed by atoms with E-state index in [9.17, 15) is 0 Å². The summed E-state index contributed by atoms with van der Waals surface area (Å²) in [7, 11) is 0. The van der Waals surface area contributed by atoms with Crippen molar-refractivity contribution < 1.29 is 0 Å². The van der Waals surface area contributed by atoms with Crippen LogP contribution in [0.3, 0.4) is 0 Å². The predicted octanol–water partition coefficient (Wildman–Crippen LogP) is 2.69. The molecule has 0 aliphatic rings. The van der Waals surface area contributed by atoms with E-state index in [1.807, 2.05) is 6.07 Å². The summed E-state index contributed by atoms with van der Waals surface area (Å²) in [5.74, 6) is 0.993. The van der Waals surface area contributed by atoms with Crippen LogP contribution in [0.2, 0.25) is 0 Å². The molecule has 0 fully saturated rings. The van der Waals surface area contributed by atoms with Crippen LogP contribution in [0.15, 0.2) is 6.07 Å². The average molecular weight is 195 g/mol. The first kappa shape index (κ1) is 10.8. The highest BCUT2D eigenvalue weighted by Crippen LogP contribution is 2.12. The van der Waals surface area contributed by atoms with Gasteiger partial charge in [-0.2, -0.15) is 5.10 Å². The Morgan fingerprint density at radius 3 is 2.55 bits per heavy atom. The van der Waals surface area contributed by atoms with Crippen molar-refractivity contribution in [1.82, 2.24) is 10.2 Å². The Morgan fingerprint density at radius 2 is 2.27 bits per heavy atom. The minimum absolute atomic E-state index is 0. The molecule has 1 rings (SSSR count). The zero-order valence-corrected chi connectivity index (χ0v) is 8.17. The van der Waals surface area contributed by atoms with Crippen LogP contribution in [-0.4, -0.2) is 10.2 Å². The van der Waals surface area contributed by atoms with E-state index < -0.39 is 0 Å². The van der Waals surface area contributed by atoms with Crippen molar-refractivity contribution in [3.8, 4) is 0 Å². The Kier molecular flexibility index (Phi) is 4.54. The second kappa shape index (κ2) is 4.62. The Balaban J connectivity index is 0.000001000. The van der Waals surface area contributed by atoms with Gasteiger partial charge in [-0.3, -0.25) is 5.10 Å². The fourth-order valence-electron chi connectivity index (χ4n) is 0.744. The molecule has 4 heteroatoms. The topological polar surface area (TPSA) is 28.7 Å². The van der Waals surface area contributed by atoms with Gasteiger partial charge in [0.15, 0.2) is 0 Å². The van der Waals surface area contributed by atoms with Crippen LogP contribution in [0.1, 0.15) is 31.2 Å². The predicted molar refractivity (Wildman–Crippen MR) is 49.5 cm³/mol. The lowest BCUT2D eigenvalue weighted by molar-refractivity contribution is 0.809. The smallest absolute Gasteiger partial charge is 0.0650 e. The van der Waals surface area contributed by atoms with E-state index in [4.69, 9.17) is 11.6 Å². The number of nitrogens with one attached hydrogen (secondary N) is 1. The molecule has 0 aromatic carbocycles. The highest BCUT2D eigenvalue weighted by Gasteiger charge is 2.02. The monoisotopic (exact) mass is 194 g/mol. The fourth-order valence-corrected chi connectivity index (χ4v) is 0.881. The molecule has 11 heavy (non-hydrogen) atoms. The van der Waals surface area contributed by atoms with Crippen LogP contribution in [-0.2, 0) is 5.88 Å². The zero-order valence-electron chi connectivity index (χ0n) is 6.60. The normalized spacial score (nSPS) is 9.82. The first-order valence-electron chi connectivity index (χ1n) is 3.34. The minimum Gasteiger partial charge on any atom is -0.281 e. The molecule has 1 N–H and O–H groups in total. The lowest BCUT2D eigenvalue weighted by Crippen LogP contribution is -1.85. The molecule has 1 heterocycles. The second-order valence-corrected chi connectivity index (χ2v) is 2.87. The molecule has 2 nitrogen and oxygen atoms in total. The van der Waals surface area contributed by atoms with Gasteiger partial charge in [-0.25, -0.2) is 0 Å². The highest BCUT2D eigenvalue weighted by atomic mass is 35.5. The average Bonchev–Trinajstić information content (AvgIpc) is 2.34. The third-order valence-electron chi connectivity index (χ3n) is 1.39. The number of H-pyrrole nitrogens is 1. The Bertz CT molecular complexity index is 208. The number of aromatic amines is 1. The maximum atomic E-state index is 5.57. The SMILES string of the molecule is CC(C)c1cc(CCl)[nH]n1.Cl. The highest BCUT2D eigenvalue weighted by molar-refractivity contribution is 6.16. The molecule has 0 radical (unpaired) electrons. The molecule has 0 aliphatic carbocycles. The van der Waals surface area contributed by atoms with Crippen LogP contribution in [0, 0.1) is 0 Å². The van der Waals surface area contributed by atoms with Gasteiger partial charge >= 0.3 is 0 Å². The van der Waals surface area contributed by atoms with Gasteiger partial charge in [0.05, 0.1) is 17.3 Å². The lowest BCUT2D eigenvalue weighted by Gasteiger charge is -1.94. The van der Waals surface area contributed by atoms with Gasteiger partial charge in [0.2, 0.25) is 0 Å². The standard InChI is InChI=1S/C7H11ClN2.ClH/c1-5(2)7-3-6(4-8)9-10-7;/h3,5H,4H2,1-2H3,(H,9,10);1H. The summed E-state index contributed by atoms with van der Waals surface area (Å²) in [6.45, 7) is 4.21. The number of aromatic nitrogens is 2. The summed E-state index contributed by atoms with van der Waals surface area (Å²) in [5, 5.41) is 6.93. The van der Waals surface area contributed by atoms with E-state index in [0.717, 1.165) is 11.4 Å². The number of halogens is 2. The minimum atomic E-state index is 0. The van der Waals surface area contributed by atoms with Crippen LogP contribution in [0.4, 0.5) is 0 Å². The first-order valence-corrected chi connectivity index (χ1v) is 3.87. The Hall–Kier alpha value is -0.210. The van der Waals surface area contributed by atoms with Crippen molar-refractivity contribution in [3.05, 3.63) is 17.5 Å². The largest absolute Gasteiger partial charge is 0.281 e. The summed E-state index contributed by atoms with van der Waals surface area (Å²) in [5.41, 5.74) is 2.07. The molecule has 0 unspecified atom stereocenters.